The lowest BCUT2D eigenvalue weighted by molar-refractivity contribution is -0.125. The first-order valence-electron chi connectivity index (χ1n) is 13.4. The normalized spacial score (nSPS) is 31.1. The van der Waals surface area contributed by atoms with E-state index in [0.717, 1.165) is 36.6 Å². The van der Waals surface area contributed by atoms with Crippen LogP contribution < -0.4 is 20.7 Å². The molecule has 0 radical (unpaired) electrons. The van der Waals surface area contributed by atoms with Gasteiger partial charge in [0.05, 0.1) is 13.2 Å². The zero-order valence-corrected chi connectivity index (χ0v) is 21.0. The summed E-state index contributed by atoms with van der Waals surface area (Å²) < 4.78 is 5.41. The van der Waals surface area contributed by atoms with E-state index in [1.54, 1.807) is 13.2 Å². The second kappa shape index (κ2) is 9.09. The second-order valence-electron chi connectivity index (χ2n) is 11.4. The fraction of sp³-hybridized carbons (Fsp3) is 0.571. The van der Waals surface area contributed by atoms with Gasteiger partial charge in [0.25, 0.3) is 5.91 Å². The Morgan fingerprint density at radius 3 is 2.86 bits per heavy atom. The van der Waals surface area contributed by atoms with Gasteiger partial charge in [-0.15, -0.1) is 0 Å². The Balaban J connectivity index is 1.22. The number of hydrogen-bond donors (Lipinski definition) is 4. The van der Waals surface area contributed by atoms with Crippen molar-refractivity contribution in [1.29, 1.82) is 5.26 Å². The number of rotatable bonds is 7. The van der Waals surface area contributed by atoms with Crippen LogP contribution in [0.15, 0.2) is 24.3 Å². The van der Waals surface area contributed by atoms with Crippen molar-refractivity contribution in [3.63, 3.8) is 0 Å². The molecule has 5 aliphatic rings. The first kappa shape index (κ1) is 23.8. The molecule has 4 saturated carbocycles. The van der Waals surface area contributed by atoms with E-state index in [0.29, 0.717) is 43.2 Å². The van der Waals surface area contributed by atoms with E-state index in [2.05, 4.69) is 27.0 Å². The van der Waals surface area contributed by atoms with Crippen molar-refractivity contribution in [3.05, 3.63) is 30.0 Å². The fourth-order valence-electron chi connectivity index (χ4n) is 7.01. The van der Waals surface area contributed by atoms with Crippen molar-refractivity contribution in [2.75, 3.05) is 13.7 Å². The van der Waals surface area contributed by atoms with Crippen LogP contribution in [-0.4, -0.2) is 47.9 Å². The lowest BCUT2D eigenvalue weighted by Crippen LogP contribution is -2.60. The van der Waals surface area contributed by atoms with Crippen molar-refractivity contribution in [2.24, 2.45) is 29.6 Å². The van der Waals surface area contributed by atoms with Crippen LogP contribution in [0.5, 0.6) is 5.75 Å². The van der Waals surface area contributed by atoms with E-state index < -0.39 is 11.6 Å². The van der Waals surface area contributed by atoms with Gasteiger partial charge in [0.15, 0.2) is 0 Å². The van der Waals surface area contributed by atoms with Gasteiger partial charge in [-0.1, -0.05) is 18.9 Å². The predicted molar refractivity (Wildman–Crippen MR) is 135 cm³/mol. The molecular formula is C28H33N5O4. The fourth-order valence-corrected chi connectivity index (χ4v) is 7.01. The summed E-state index contributed by atoms with van der Waals surface area (Å²) in [4.78, 5) is 42.5. The maximum atomic E-state index is 13.7. The Bertz CT molecular complexity index is 1290. The Kier molecular flexibility index (Phi) is 5.85. The first-order chi connectivity index (χ1) is 17.9. The number of fused-ring (bicyclic) bond motifs is 3. The molecule has 2 unspecified atom stereocenters. The summed E-state index contributed by atoms with van der Waals surface area (Å²) in [5.41, 5.74) is 0.127. The summed E-state index contributed by atoms with van der Waals surface area (Å²) in [6.45, 7) is 0.659. The lowest BCUT2D eigenvalue weighted by atomic mass is 9.69. The third-order valence-electron chi connectivity index (χ3n) is 9.20. The standard InChI is InChI=1S/C28H33N5O4/c1-37-24-4-2-3-21-19(24)11-23(31-21)26(35)32-22(9-15-5-6-15)27(36)33-28(14-29)12-16-7-8-17(28)10-18-20(16)13-30-25(18)34/h2-4,11,15-18,20,22,31H,5-10,12-13H2,1H3,(H,30,34)(H,32,35)(H,33,36)/t16-,17?,18+,20?,22-,28+/m0/s1. The lowest BCUT2D eigenvalue weighted by Gasteiger charge is -2.42. The van der Waals surface area contributed by atoms with E-state index in [1.165, 1.54) is 0 Å². The van der Waals surface area contributed by atoms with E-state index in [4.69, 9.17) is 4.74 Å². The summed E-state index contributed by atoms with van der Waals surface area (Å²) in [6, 6.07) is 9.03. The Labute approximate surface area is 215 Å². The van der Waals surface area contributed by atoms with Crippen LogP contribution in [0.25, 0.3) is 10.9 Å². The van der Waals surface area contributed by atoms with Crippen LogP contribution in [0.2, 0.25) is 0 Å². The highest BCUT2D eigenvalue weighted by Gasteiger charge is 2.55. The van der Waals surface area contributed by atoms with E-state index in [1.807, 2.05) is 18.2 Å². The zero-order valence-electron chi connectivity index (χ0n) is 21.0. The van der Waals surface area contributed by atoms with E-state index >= 15 is 0 Å². The minimum Gasteiger partial charge on any atom is -0.496 e. The summed E-state index contributed by atoms with van der Waals surface area (Å²) in [5.74, 6) is 0.766. The van der Waals surface area contributed by atoms with Gasteiger partial charge >= 0.3 is 0 Å². The van der Waals surface area contributed by atoms with E-state index in [9.17, 15) is 19.6 Å². The predicted octanol–water partition coefficient (Wildman–Crippen LogP) is 2.64. The average Bonchev–Trinajstić information content (AvgIpc) is 3.57. The molecule has 9 heteroatoms. The number of carbonyl (C=O) groups excluding carboxylic acids is 3. The quantitative estimate of drug-likeness (QED) is 0.461. The van der Waals surface area contributed by atoms with Crippen LogP contribution in [-0.2, 0) is 9.59 Å². The number of amides is 3. The van der Waals surface area contributed by atoms with Crippen molar-refractivity contribution in [3.8, 4) is 11.8 Å². The summed E-state index contributed by atoms with van der Waals surface area (Å²) in [5, 5.41) is 20.2. The third kappa shape index (κ3) is 4.22. The highest BCUT2D eigenvalue weighted by atomic mass is 16.5. The molecule has 1 saturated heterocycles. The SMILES string of the molecule is COc1cccc2[nH]c(C(=O)N[C@@H](CC3CC3)C(=O)N[C@@]3(C#N)C[C@@H]4CCC3C[C@H]3C(=O)NCC43)cc12. The molecule has 6 atom stereocenters. The average molecular weight is 504 g/mol. The molecule has 1 aromatic carbocycles. The van der Waals surface area contributed by atoms with Gasteiger partial charge in [0.2, 0.25) is 11.8 Å². The molecule has 2 bridgehead atoms. The van der Waals surface area contributed by atoms with Gasteiger partial charge in [-0.2, -0.15) is 5.26 Å². The van der Waals surface area contributed by atoms with Gasteiger partial charge in [0, 0.05) is 23.4 Å². The number of ether oxygens (including phenoxy) is 1. The van der Waals surface area contributed by atoms with Crippen LogP contribution in [0.1, 0.15) is 55.4 Å². The monoisotopic (exact) mass is 503 g/mol. The Hall–Kier alpha value is -3.54. The summed E-state index contributed by atoms with van der Waals surface area (Å²) in [6.07, 6.45) is 5.61. The van der Waals surface area contributed by atoms with Crippen molar-refractivity contribution < 1.29 is 19.1 Å². The van der Waals surface area contributed by atoms with Gasteiger partial charge < -0.3 is 25.7 Å². The van der Waals surface area contributed by atoms with Crippen LogP contribution in [0.4, 0.5) is 0 Å². The maximum absolute atomic E-state index is 13.7. The summed E-state index contributed by atoms with van der Waals surface area (Å²) >= 11 is 0. The number of aromatic amines is 1. The largest absolute Gasteiger partial charge is 0.496 e. The highest BCUT2D eigenvalue weighted by molar-refractivity contribution is 6.01. The van der Waals surface area contributed by atoms with Gasteiger partial charge in [-0.05, 0) is 74.0 Å². The minimum absolute atomic E-state index is 0.0741. The molecular weight excluding hydrogens is 470 g/mol. The number of nitrogens with zero attached hydrogens (tertiary/aromatic N) is 1. The maximum Gasteiger partial charge on any atom is 0.268 e. The van der Waals surface area contributed by atoms with E-state index in [-0.39, 0.29) is 41.4 Å². The smallest absolute Gasteiger partial charge is 0.268 e. The number of methoxy groups -OCH3 is 1. The van der Waals surface area contributed by atoms with Crippen molar-refractivity contribution in [1.82, 2.24) is 20.9 Å². The summed E-state index contributed by atoms with van der Waals surface area (Å²) in [7, 11) is 1.59. The molecule has 194 valence electrons. The number of carbonyl (C=O) groups is 3. The molecule has 0 spiro atoms. The van der Waals surface area contributed by atoms with Gasteiger partial charge in [0.1, 0.15) is 23.0 Å². The van der Waals surface area contributed by atoms with Crippen molar-refractivity contribution in [2.45, 2.75) is 56.5 Å². The number of H-pyrrole nitrogens is 1. The Morgan fingerprint density at radius 2 is 2.11 bits per heavy atom. The molecule has 7 rings (SSSR count). The number of nitriles is 1. The molecule has 1 aromatic heterocycles. The number of benzene rings is 1. The van der Waals surface area contributed by atoms with Crippen LogP contribution in [0.3, 0.4) is 0 Å². The van der Waals surface area contributed by atoms with Gasteiger partial charge in [-0.25, -0.2) is 0 Å². The number of aromatic nitrogens is 1. The zero-order chi connectivity index (χ0) is 25.7. The van der Waals surface area contributed by atoms with Gasteiger partial charge in [-0.3, -0.25) is 14.4 Å². The minimum atomic E-state index is -1.01. The molecule has 2 heterocycles. The molecule has 3 amide bonds. The van der Waals surface area contributed by atoms with Crippen LogP contribution in [0, 0.1) is 40.9 Å². The highest BCUT2D eigenvalue weighted by Crippen LogP contribution is 2.51. The topological polar surface area (TPSA) is 136 Å². The first-order valence-corrected chi connectivity index (χ1v) is 13.4. The molecule has 1 aliphatic heterocycles. The molecule has 4 aliphatic carbocycles. The van der Waals surface area contributed by atoms with Crippen LogP contribution >= 0.6 is 0 Å². The molecule has 5 fully saturated rings. The molecule has 37 heavy (non-hydrogen) atoms. The molecule has 2 aromatic rings. The molecule has 9 nitrogen and oxygen atoms in total. The third-order valence-corrected chi connectivity index (χ3v) is 9.20. The molecule has 4 N–H and O–H groups in total. The van der Waals surface area contributed by atoms with Crippen molar-refractivity contribution >= 4 is 28.6 Å². The number of nitrogens with one attached hydrogen (secondary N) is 4. The second-order valence-corrected chi connectivity index (χ2v) is 11.4. The number of hydrogen-bond acceptors (Lipinski definition) is 5. The Morgan fingerprint density at radius 1 is 1.27 bits per heavy atom.